The average molecular weight is 557 g/mol. The molecule has 7 rings (SSSR count). The van der Waals surface area contributed by atoms with Crippen molar-refractivity contribution in [3.8, 4) is 5.75 Å². The average Bonchev–Trinajstić information content (AvgIpc) is 3.35. The van der Waals surface area contributed by atoms with E-state index in [0.29, 0.717) is 0 Å². The number of rotatable bonds is 6. The predicted octanol–water partition coefficient (Wildman–Crippen LogP) is 4.76. The van der Waals surface area contributed by atoms with Crippen molar-refractivity contribution < 1.29 is 23.8 Å². The Hall–Kier alpha value is -2.93. The molecule has 0 amide bonds. The molecule has 0 aromatic heterocycles. The highest BCUT2D eigenvalue weighted by molar-refractivity contribution is 6.99. The van der Waals surface area contributed by atoms with E-state index in [-0.39, 0.29) is 35.4 Å². The van der Waals surface area contributed by atoms with Gasteiger partial charge in [0.25, 0.3) is 8.32 Å². The first-order valence-corrected chi connectivity index (χ1v) is 16.3. The number of benzene rings is 3. The zero-order valence-electron chi connectivity index (χ0n) is 24.3. The summed E-state index contributed by atoms with van der Waals surface area (Å²) in [5, 5.41) is 13.6. The molecule has 6 atom stereocenters. The Morgan fingerprint density at radius 1 is 1.00 bits per heavy atom. The van der Waals surface area contributed by atoms with Gasteiger partial charge in [-0.2, -0.15) is 0 Å². The number of hydrogen-bond acceptors (Lipinski definition) is 5. The number of carbonyl (C=O) groups is 1. The Labute approximate surface area is 238 Å². The van der Waals surface area contributed by atoms with Gasteiger partial charge in [0.2, 0.25) is 0 Å². The molecular weight excluding hydrogens is 516 g/mol. The molecule has 6 heteroatoms. The number of esters is 1. The molecule has 2 unspecified atom stereocenters. The molecule has 0 radical (unpaired) electrons. The van der Waals surface area contributed by atoms with Crippen molar-refractivity contribution in [3.05, 3.63) is 89.5 Å². The van der Waals surface area contributed by atoms with Crippen LogP contribution in [0.4, 0.5) is 0 Å². The van der Waals surface area contributed by atoms with Crippen LogP contribution in [0.5, 0.6) is 5.75 Å². The number of ether oxygens (including phenoxy) is 2. The van der Waals surface area contributed by atoms with E-state index >= 15 is 0 Å². The van der Waals surface area contributed by atoms with Crippen LogP contribution in [-0.4, -0.2) is 45.3 Å². The summed E-state index contributed by atoms with van der Waals surface area (Å²) in [4.78, 5) is 14.1. The zero-order chi connectivity index (χ0) is 28.4. The monoisotopic (exact) mass is 556 g/mol. The molecule has 2 aliphatic heterocycles. The van der Waals surface area contributed by atoms with Crippen molar-refractivity contribution in [1.29, 1.82) is 0 Å². The summed E-state index contributed by atoms with van der Waals surface area (Å²) in [6.07, 6.45) is -0.496. The smallest absolute Gasteiger partial charge is 0.315 e. The van der Waals surface area contributed by atoms with Crippen LogP contribution in [0.2, 0.25) is 5.04 Å². The lowest BCUT2D eigenvalue weighted by Gasteiger charge is -2.58. The SMILES string of the molecule is COc1ccc2c(c1C)C[C@H]1[C@@H]2[C@]2(CO[Si](c3ccccc3)(c3ccccc3)C(C)(C)C)C(=O)O[C@H]1C(O)C2C. The van der Waals surface area contributed by atoms with E-state index in [1.807, 2.05) is 25.1 Å². The van der Waals surface area contributed by atoms with Crippen LogP contribution in [0, 0.1) is 24.2 Å². The highest BCUT2D eigenvalue weighted by Gasteiger charge is 2.70. The summed E-state index contributed by atoms with van der Waals surface area (Å²) in [7, 11) is -1.24. The fraction of sp³-hybridized carbons (Fsp3) is 0.441. The van der Waals surface area contributed by atoms with E-state index in [0.717, 1.165) is 17.7 Å². The minimum atomic E-state index is -2.93. The maximum Gasteiger partial charge on any atom is 0.315 e. The Bertz CT molecular complexity index is 1380. The highest BCUT2D eigenvalue weighted by atomic mass is 28.4. The van der Waals surface area contributed by atoms with Crippen molar-refractivity contribution in [2.75, 3.05) is 13.7 Å². The highest BCUT2D eigenvalue weighted by Crippen LogP contribution is 2.63. The van der Waals surface area contributed by atoms with Gasteiger partial charge in [-0.05, 0) is 51.5 Å². The number of hydrogen-bond donors (Lipinski definition) is 1. The molecule has 3 aromatic carbocycles. The zero-order valence-corrected chi connectivity index (χ0v) is 25.3. The number of methoxy groups -OCH3 is 1. The van der Waals surface area contributed by atoms with Gasteiger partial charge in [0.05, 0.1) is 19.8 Å². The molecule has 3 fully saturated rings. The van der Waals surface area contributed by atoms with Crippen LogP contribution >= 0.6 is 0 Å². The molecule has 5 nitrogen and oxygen atoms in total. The van der Waals surface area contributed by atoms with Crippen LogP contribution < -0.4 is 15.1 Å². The van der Waals surface area contributed by atoms with E-state index in [1.54, 1.807) is 7.11 Å². The third kappa shape index (κ3) is 3.62. The molecule has 210 valence electrons. The molecular formula is C34H40O5Si. The molecule has 2 bridgehead atoms. The van der Waals surface area contributed by atoms with E-state index in [1.165, 1.54) is 21.5 Å². The maximum absolute atomic E-state index is 14.1. The lowest BCUT2D eigenvalue weighted by atomic mass is 9.53. The summed E-state index contributed by atoms with van der Waals surface area (Å²) < 4.78 is 19.1. The molecule has 4 aliphatic rings. The van der Waals surface area contributed by atoms with E-state index < -0.39 is 25.9 Å². The van der Waals surface area contributed by atoms with Crippen molar-refractivity contribution in [2.45, 2.75) is 64.2 Å². The molecule has 2 saturated heterocycles. The second kappa shape index (κ2) is 9.57. The normalized spacial score (nSPS) is 29.1. The number of aliphatic hydroxyl groups excluding tert-OH is 1. The van der Waals surface area contributed by atoms with Crippen LogP contribution in [0.25, 0.3) is 0 Å². The van der Waals surface area contributed by atoms with Gasteiger partial charge in [-0.1, -0.05) is 94.4 Å². The van der Waals surface area contributed by atoms with E-state index in [2.05, 4.69) is 82.3 Å². The number of fused-ring (bicyclic) bond motifs is 3. The van der Waals surface area contributed by atoms with Crippen molar-refractivity contribution in [1.82, 2.24) is 0 Å². The van der Waals surface area contributed by atoms with Gasteiger partial charge in [0, 0.05) is 17.8 Å². The lowest BCUT2D eigenvalue weighted by Crippen LogP contribution is -2.71. The lowest BCUT2D eigenvalue weighted by molar-refractivity contribution is -0.239. The van der Waals surface area contributed by atoms with Gasteiger partial charge in [0.1, 0.15) is 17.3 Å². The minimum absolute atomic E-state index is 0.00691. The first-order chi connectivity index (χ1) is 19.1. The second-order valence-electron chi connectivity index (χ2n) is 12.9. The molecule has 0 spiro atoms. The van der Waals surface area contributed by atoms with Crippen molar-refractivity contribution >= 4 is 24.7 Å². The molecule has 2 heterocycles. The number of aliphatic hydroxyl groups is 1. The van der Waals surface area contributed by atoms with Gasteiger partial charge in [-0.25, -0.2) is 0 Å². The maximum atomic E-state index is 14.1. The molecule has 1 saturated carbocycles. The first-order valence-electron chi connectivity index (χ1n) is 14.4. The Kier molecular flexibility index (Phi) is 6.52. The summed E-state index contributed by atoms with van der Waals surface area (Å²) in [5.74, 6) is 0.216. The first kappa shape index (κ1) is 27.2. The third-order valence-electron chi connectivity index (χ3n) is 10.2. The van der Waals surface area contributed by atoms with Gasteiger partial charge < -0.3 is 19.0 Å². The largest absolute Gasteiger partial charge is 0.496 e. The van der Waals surface area contributed by atoms with E-state index in [4.69, 9.17) is 13.9 Å². The summed E-state index contributed by atoms with van der Waals surface area (Å²) in [6.45, 7) is 11.0. The fourth-order valence-corrected chi connectivity index (χ4v) is 12.8. The molecule has 2 aliphatic carbocycles. The van der Waals surface area contributed by atoms with Crippen LogP contribution in [0.3, 0.4) is 0 Å². The standard InChI is InChI=1S/C34H40O5Si/c1-21-26-19-27-29(25(26)17-18-28(21)37-6)34(22(2)30(35)31(27)39-32(34)36)20-38-40(33(3,4)5,23-13-9-7-10-14-23)24-15-11-8-12-16-24/h7-18,22,27,29-31,35H,19-20H2,1-6H3/t22?,27-,29+,30?,31+,34+/m0/s1. The quantitative estimate of drug-likeness (QED) is 0.351. The van der Waals surface area contributed by atoms with Gasteiger partial charge >= 0.3 is 5.97 Å². The van der Waals surface area contributed by atoms with Gasteiger partial charge in [0.15, 0.2) is 0 Å². The Balaban J connectivity index is 1.52. The van der Waals surface area contributed by atoms with Crippen LogP contribution in [0.15, 0.2) is 72.8 Å². The number of carbonyl (C=O) groups excluding carboxylic acids is 1. The van der Waals surface area contributed by atoms with Crippen molar-refractivity contribution in [2.24, 2.45) is 17.3 Å². The Morgan fingerprint density at radius 3 is 2.15 bits per heavy atom. The summed E-state index contributed by atoms with van der Waals surface area (Å²) in [6, 6.07) is 25.1. The molecule has 40 heavy (non-hydrogen) atoms. The van der Waals surface area contributed by atoms with Crippen molar-refractivity contribution in [3.63, 3.8) is 0 Å². The van der Waals surface area contributed by atoms with Crippen LogP contribution in [-0.2, 0) is 20.4 Å². The van der Waals surface area contributed by atoms with Gasteiger partial charge in [-0.15, -0.1) is 0 Å². The minimum Gasteiger partial charge on any atom is -0.496 e. The predicted molar refractivity (Wildman–Crippen MR) is 159 cm³/mol. The fourth-order valence-electron chi connectivity index (χ4n) is 8.19. The third-order valence-corrected chi connectivity index (χ3v) is 15.2. The molecule has 1 N–H and O–H groups in total. The Morgan fingerprint density at radius 2 is 1.60 bits per heavy atom. The summed E-state index contributed by atoms with van der Waals surface area (Å²) in [5.41, 5.74) is 2.49. The second-order valence-corrected chi connectivity index (χ2v) is 17.3. The van der Waals surface area contributed by atoms with Gasteiger partial charge in [-0.3, -0.25) is 4.79 Å². The van der Waals surface area contributed by atoms with Crippen LogP contribution in [0.1, 0.15) is 50.3 Å². The summed E-state index contributed by atoms with van der Waals surface area (Å²) >= 11 is 0. The topological polar surface area (TPSA) is 65.0 Å². The molecule has 3 aromatic rings. The van der Waals surface area contributed by atoms with E-state index in [9.17, 15) is 9.90 Å².